The molecule has 0 bridgehead atoms. The summed E-state index contributed by atoms with van der Waals surface area (Å²) in [5.74, 6) is -1.40. The molecule has 20 heteroatoms. The van der Waals surface area contributed by atoms with Crippen LogP contribution >= 0.6 is 0 Å². The molecule has 0 radical (unpaired) electrons. The smallest absolute Gasteiger partial charge is 0.320 e. The summed E-state index contributed by atoms with van der Waals surface area (Å²) in [7, 11) is -6.45. The second kappa shape index (κ2) is 11.5. The topological polar surface area (TPSA) is 261 Å². The van der Waals surface area contributed by atoms with Gasteiger partial charge in [0.15, 0.2) is 5.84 Å². The normalized spacial score (nSPS) is 14.4. The number of hydrazone groups is 1. The predicted molar refractivity (Wildman–Crippen MR) is 151 cm³/mol. The number of nitrogens with zero attached hydrogens (tertiary/aromatic N) is 3. The Balaban J connectivity index is 1.84. The summed E-state index contributed by atoms with van der Waals surface area (Å²) < 4.78 is 65.0. The first-order valence-electron chi connectivity index (χ1n) is 11.8. The van der Waals surface area contributed by atoms with Crippen LogP contribution in [0.15, 0.2) is 73.8 Å². The molecule has 7 N–H and O–H groups in total. The maximum absolute atomic E-state index is 13.5. The lowest BCUT2D eigenvalue weighted by Gasteiger charge is -2.11. The first-order valence-corrected chi connectivity index (χ1v) is 14.6. The zero-order valence-electron chi connectivity index (χ0n) is 22.0. The molecule has 18 nitrogen and oxygen atoms in total. The molecule has 43 heavy (non-hydrogen) atoms. The van der Waals surface area contributed by atoms with Crippen molar-refractivity contribution in [2.75, 3.05) is 24.4 Å². The highest BCUT2D eigenvalue weighted by atomic mass is 32.2. The predicted octanol–water partition coefficient (Wildman–Crippen LogP) is 0.0830. The van der Waals surface area contributed by atoms with Crippen LogP contribution < -0.4 is 31.8 Å². The minimum Gasteiger partial charge on any atom is -0.341 e. The average Bonchev–Trinajstić information content (AvgIpc) is 3.43. The Hall–Kier alpha value is -5.31. The van der Waals surface area contributed by atoms with Crippen molar-refractivity contribution in [3.63, 3.8) is 0 Å². The molecule has 3 aromatic rings. The molecule has 2 aromatic carbocycles. The van der Waals surface area contributed by atoms with E-state index in [0.717, 1.165) is 40.0 Å². The van der Waals surface area contributed by atoms with Crippen LogP contribution in [0.25, 0.3) is 11.8 Å². The van der Waals surface area contributed by atoms with E-state index in [1.165, 1.54) is 38.4 Å². The van der Waals surface area contributed by atoms with E-state index in [0.29, 0.717) is 0 Å². The molecular formula is C23H22N8O10S2. The molecule has 226 valence electrons. The molecule has 0 saturated heterocycles. The van der Waals surface area contributed by atoms with E-state index < -0.39 is 53.6 Å². The second-order valence-electron chi connectivity index (χ2n) is 8.51. The van der Waals surface area contributed by atoms with Gasteiger partial charge in [-0.2, -0.15) is 21.8 Å². The van der Waals surface area contributed by atoms with E-state index in [4.69, 9.17) is 0 Å². The van der Waals surface area contributed by atoms with Crippen LogP contribution in [-0.4, -0.2) is 73.6 Å². The average molecular weight is 635 g/mol. The van der Waals surface area contributed by atoms with Crippen molar-refractivity contribution in [3.8, 4) is 5.69 Å². The van der Waals surface area contributed by atoms with Crippen molar-refractivity contribution in [3.05, 3.63) is 70.0 Å². The number of rotatable bonds is 6. The fraction of sp³-hybridized carbons (Fsp3) is 0.0870. The summed E-state index contributed by atoms with van der Waals surface area (Å²) in [6.45, 7) is 0. The molecule has 5 amide bonds. The highest BCUT2D eigenvalue weighted by Crippen LogP contribution is 2.27. The zero-order chi connectivity index (χ0) is 31.7. The lowest BCUT2D eigenvalue weighted by molar-refractivity contribution is -0.114. The van der Waals surface area contributed by atoms with Crippen molar-refractivity contribution in [1.82, 2.24) is 25.7 Å². The number of H-pyrrole nitrogens is 1. The first kappa shape index (κ1) is 30.6. The van der Waals surface area contributed by atoms with Crippen molar-refractivity contribution < 1.29 is 40.3 Å². The lowest BCUT2D eigenvalue weighted by atomic mass is 10.1. The van der Waals surface area contributed by atoms with E-state index in [-0.39, 0.29) is 34.2 Å². The number of amides is 5. The van der Waals surface area contributed by atoms with Crippen LogP contribution in [0, 0.1) is 0 Å². The number of aromatic nitrogens is 2. The molecule has 0 aliphatic carbocycles. The summed E-state index contributed by atoms with van der Waals surface area (Å²) in [4.78, 5) is 50.4. The third-order valence-electron chi connectivity index (χ3n) is 5.79. The van der Waals surface area contributed by atoms with Gasteiger partial charge in [0.05, 0.1) is 32.3 Å². The Labute approximate surface area is 242 Å². The van der Waals surface area contributed by atoms with E-state index in [9.17, 15) is 45.1 Å². The number of carbonyl (C=O) groups is 3. The van der Waals surface area contributed by atoms with Crippen LogP contribution in [0.1, 0.15) is 5.56 Å². The number of benzene rings is 2. The number of hydrogen-bond donors (Lipinski definition) is 7. The monoisotopic (exact) mass is 634 g/mol. The van der Waals surface area contributed by atoms with Crippen LogP contribution in [0.4, 0.5) is 21.1 Å². The van der Waals surface area contributed by atoms with Crippen LogP contribution in [-0.2, 0) is 25.0 Å². The maximum atomic E-state index is 13.5. The van der Waals surface area contributed by atoms with Crippen molar-refractivity contribution in [2.24, 2.45) is 5.10 Å². The molecule has 4 rings (SSSR count). The Morgan fingerprint density at radius 3 is 1.79 bits per heavy atom. The van der Waals surface area contributed by atoms with Gasteiger partial charge in [-0.15, -0.1) is 5.10 Å². The molecule has 0 spiro atoms. The summed E-state index contributed by atoms with van der Waals surface area (Å²) in [5, 5.41) is 16.8. The van der Waals surface area contributed by atoms with Gasteiger partial charge in [0.1, 0.15) is 5.82 Å². The molecule has 0 unspecified atom stereocenters. The summed E-state index contributed by atoms with van der Waals surface area (Å²) >= 11 is 0. The number of carbonyl (C=O) groups excluding carboxylic acids is 3. The van der Waals surface area contributed by atoms with Gasteiger partial charge in [0.25, 0.3) is 31.7 Å². The lowest BCUT2D eigenvalue weighted by Crippen LogP contribution is -2.38. The number of amidine groups is 1. The van der Waals surface area contributed by atoms with Gasteiger partial charge < -0.3 is 10.6 Å². The molecule has 1 aliphatic heterocycles. The number of nitrogens with one attached hydrogen (secondary N) is 5. The SMILES string of the molecule is CNC(=O)NC1=NN(c2ccc(S(=O)(=O)O)cc2)C(=O)C1=Cc1c(NC(=O)NC)[nH]n(-c2ccc(S(=O)(=O)O)cc2)c1=O. The number of aromatic amines is 1. The van der Waals surface area contributed by atoms with Crippen LogP contribution in [0.5, 0.6) is 0 Å². The summed E-state index contributed by atoms with van der Waals surface area (Å²) in [6.07, 6.45) is 1.04. The Bertz CT molecular complexity index is 1960. The largest absolute Gasteiger partial charge is 0.341 e. The Morgan fingerprint density at radius 2 is 1.30 bits per heavy atom. The van der Waals surface area contributed by atoms with Crippen LogP contribution in [0.2, 0.25) is 0 Å². The van der Waals surface area contributed by atoms with Gasteiger partial charge in [-0.25, -0.2) is 14.3 Å². The molecule has 1 aromatic heterocycles. The van der Waals surface area contributed by atoms with Crippen LogP contribution in [0.3, 0.4) is 0 Å². The van der Waals surface area contributed by atoms with Crippen molar-refractivity contribution in [2.45, 2.75) is 9.79 Å². The number of urea groups is 2. The third-order valence-corrected chi connectivity index (χ3v) is 7.53. The molecule has 1 aliphatic rings. The third kappa shape index (κ3) is 6.46. The Morgan fingerprint density at radius 1 is 0.814 bits per heavy atom. The molecule has 2 heterocycles. The zero-order valence-corrected chi connectivity index (χ0v) is 23.6. The minimum absolute atomic E-state index is 0.0334. The van der Waals surface area contributed by atoms with Crippen molar-refractivity contribution >= 4 is 61.6 Å². The van der Waals surface area contributed by atoms with E-state index >= 15 is 0 Å². The van der Waals surface area contributed by atoms with E-state index in [1.54, 1.807) is 0 Å². The van der Waals surface area contributed by atoms with Crippen molar-refractivity contribution in [1.29, 1.82) is 0 Å². The highest BCUT2D eigenvalue weighted by molar-refractivity contribution is 7.86. The van der Waals surface area contributed by atoms with Gasteiger partial charge in [-0.1, -0.05) is 0 Å². The second-order valence-corrected chi connectivity index (χ2v) is 11.4. The summed E-state index contributed by atoms with van der Waals surface area (Å²) in [6, 6.07) is 7.29. The van der Waals surface area contributed by atoms with Gasteiger partial charge in [0, 0.05) is 14.1 Å². The first-order chi connectivity index (χ1) is 20.1. The standard InChI is InChI=1S/C23H22N8O10S2/c1-24-22(34)26-18-16(20(32)30(28-18)12-3-7-14(8-4-12)42(36,37)38)11-17-19(27-23(35)25-2)29-31(21(17)33)13-5-9-15(10-6-13)43(39,40)41/h3-11,28H,1-2H3,(H2,24,26,34)(H,36,37,38)(H,39,40,41)(H2,25,27,29,35). The molecule has 0 saturated carbocycles. The van der Waals surface area contributed by atoms with Gasteiger partial charge in [-0.05, 0) is 54.6 Å². The van der Waals surface area contributed by atoms with E-state index in [2.05, 4.69) is 31.5 Å². The van der Waals surface area contributed by atoms with E-state index in [1.807, 2.05) is 0 Å². The highest BCUT2D eigenvalue weighted by Gasteiger charge is 2.33. The molecular weight excluding hydrogens is 612 g/mol. The Kier molecular flexibility index (Phi) is 8.21. The quantitative estimate of drug-likeness (QED) is 0.142. The fourth-order valence-electron chi connectivity index (χ4n) is 3.69. The molecule has 0 atom stereocenters. The van der Waals surface area contributed by atoms with Gasteiger partial charge >= 0.3 is 12.1 Å². The summed E-state index contributed by atoms with van der Waals surface area (Å²) in [5.41, 5.74) is -1.33. The van der Waals surface area contributed by atoms with Gasteiger partial charge in [-0.3, -0.25) is 34.4 Å². The molecule has 0 fully saturated rings. The fourth-order valence-corrected chi connectivity index (χ4v) is 4.65. The minimum atomic E-state index is -4.53. The van der Waals surface area contributed by atoms with Gasteiger partial charge in [0.2, 0.25) is 0 Å². The number of anilines is 2. The maximum Gasteiger partial charge on any atom is 0.320 e. The number of hydrogen-bond acceptors (Lipinski definition) is 9.